The minimum Gasteiger partial charge on any atom is -0.356 e. The average molecular weight is 486 g/mol. The number of hydrogen-bond donors (Lipinski definition) is 1. The van der Waals surface area contributed by atoms with Crippen molar-refractivity contribution in [2.75, 3.05) is 31.1 Å². The van der Waals surface area contributed by atoms with Crippen LogP contribution in [-0.4, -0.2) is 52.7 Å². The molecular weight excluding hydrogens is 462 g/mol. The lowest BCUT2D eigenvalue weighted by atomic mass is 10.2. The van der Waals surface area contributed by atoms with Crippen molar-refractivity contribution < 1.29 is 9.18 Å². The summed E-state index contributed by atoms with van der Waals surface area (Å²) in [6.45, 7) is 4.50. The third-order valence-electron chi connectivity index (χ3n) is 4.16. The number of carbonyl (C=O) groups excluding carboxylic acids is 1. The van der Waals surface area contributed by atoms with Gasteiger partial charge in [0.1, 0.15) is 12.4 Å². The maximum absolute atomic E-state index is 13.3. The first-order valence-electron chi connectivity index (χ1n) is 8.63. The SMILES string of the molecule is CCNC(=NCc1cccc(F)c1)N1CCN(c2cnn(C)c2)C(=O)C1.I. The maximum atomic E-state index is 13.3. The normalized spacial score (nSPS) is 14.9. The number of guanidine groups is 1. The van der Waals surface area contributed by atoms with Gasteiger partial charge in [-0.2, -0.15) is 5.10 Å². The van der Waals surface area contributed by atoms with Gasteiger partial charge in [0.15, 0.2) is 5.96 Å². The van der Waals surface area contributed by atoms with Crippen molar-refractivity contribution in [1.29, 1.82) is 0 Å². The van der Waals surface area contributed by atoms with Crippen LogP contribution < -0.4 is 10.2 Å². The lowest BCUT2D eigenvalue weighted by Crippen LogP contribution is -2.55. The molecule has 1 fully saturated rings. The number of benzene rings is 1. The van der Waals surface area contributed by atoms with E-state index in [4.69, 9.17) is 0 Å². The lowest BCUT2D eigenvalue weighted by Gasteiger charge is -2.35. The number of aryl methyl sites for hydroxylation is 1. The van der Waals surface area contributed by atoms with E-state index in [0.717, 1.165) is 11.3 Å². The highest BCUT2D eigenvalue weighted by molar-refractivity contribution is 14.0. The molecule has 3 rings (SSSR count). The van der Waals surface area contributed by atoms with Gasteiger partial charge in [0, 0.05) is 32.9 Å². The molecule has 1 amide bonds. The van der Waals surface area contributed by atoms with Crippen molar-refractivity contribution in [3.8, 4) is 0 Å². The molecule has 0 spiro atoms. The van der Waals surface area contributed by atoms with E-state index in [9.17, 15) is 9.18 Å². The van der Waals surface area contributed by atoms with Crippen molar-refractivity contribution in [2.24, 2.45) is 12.0 Å². The summed E-state index contributed by atoms with van der Waals surface area (Å²) in [6, 6.07) is 6.39. The molecule has 27 heavy (non-hydrogen) atoms. The average Bonchev–Trinajstić information content (AvgIpc) is 3.04. The van der Waals surface area contributed by atoms with E-state index in [1.165, 1.54) is 12.1 Å². The van der Waals surface area contributed by atoms with Crippen LogP contribution in [0.5, 0.6) is 0 Å². The fourth-order valence-electron chi connectivity index (χ4n) is 2.90. The van der Waals surface area contributed by atoms with Crippen LogP contribution in [0.25, 0.3) is 0 Å². The fraction of sp³-hybridized carbons (Fsp3) is 0.389. The van der Waals surface area contributed by atoms with Crippen LogP contribution in [0.15, 0.2) is 41.7 Å². The molecule has 0 saturated carbocycles. The fourth-order valence-corrected chi connectivity index (χ4v) is 2.90. The molecule has 0 unspecified atom stereocenters. The second-order valence-electron chi connectivity index (χ2n) is 6.14. The van der Waals surface area contributed by atoms with Gasteiger partial charge in [0.25, 0.3) is 0 Å². The summed E-state index contributed by atoms with van der Waals surface area (Å²) in [5.74, 6) is 0.388. The maximum Gasteiger partial charge on any atom is 0.246 e. The van der Waals surface area contributed by atoms with E-state index in [2.05, 4.69) is 15.4 Å². The quantitative estimate of drug-likeness (QED) is 0.408. The predicted molar refractivity (Wildman–Crippen MR) is 114 cm³/mol. The van der Waals surface area contributed by atoms with E-state index in [1.54, 1.807) is 21.8 Å². The smallest absolute Gasteiger partial charge is 0.246 e. The first kappa shape index (κ1) is 21.1. The Kier molecular flexibility index (Phi) is 7.57. The number of hydrogen-bond acceptors (Lipinski definition) is 3. The Hall–Kier alpha value is -2.17. The standard InChI is InChI=1S/C18H23FN6O.HI/c1-3-20-18(21-10-14-5-4-6-15(19)9-14)24-7-8-25(17(26)13-24)16-11-22-23(2)12-16;/h4-6,9,11-12H,3,7-8,10,13H2,1-2H3,(H,20,21);1H. The van der Waals surface area contributed by atoms with Gasteiger partial charge < -0.3 is 15.1 Å². The highest BCUT2D eigenvalue weighted by Gasteiger charge is 2.27. The zero-order chi connectivity index (χ0) is 18.5. The molecule has 7 nitrogen and oxygen atoms in total. The minimum absolute atomic E-state index is 0. The Labute approximate surface area is 175 Å². The Bertz CT molecular complexity index is 809. The van der Waals surface area contributed by atoms with Crippen LogP contribution in [0.2, 0.25) is 0 Å². The summed E-state index contributed by atoms with van der Waals surface area (Å²) in [7, 11) is 1.83. The van der Waals surface area contributed by atoms with E-state index in [1.807, 2.05) is 31.1 Å². The molecule has 0 bridgehead atoms. The Morgan fingerprint density at radius 2 is 2.19 bits per heavy atom. The summed E-state index contributed by atoms with van der Waals surface area (Å²) >= 11 is 0. The summed E-state index contributed by atoms with van der Waals surface area (Å²) in [4.78, 5) is 20.8. The van der Waals surface area contributed by atoms with Crippen LogP contribution in [0.4, 0.5) is 10.1 Å². The van der Waals surface area contributed by atoms with Gasteiger partial charge in [-0.1, -0.05) is 12.1 Å². The molecule has 1 aromatic heterocycles. The van der Waals surface area contributed by atoms with Gasteiger partial charge in [0.05, 0.1) is 18.4 Å². The van der Waals surface area contributed by atoms with E-state index in [0.29, 0.717) is 32.1 Å². The number of aliphatic imine (C=N–C) groups is 1. The summed E-state index contributed by atoms with van der Waals surface area (Å²) in [6.07, 6.45) is 3.52. The molecular formula is C18H24FIN6O. The largest absolute Gasteiger partial charge is 0.356 e. The molecule has 1 aromatic carbocycles. The topological polar surface area (TPSA) is 65.8 Å². The second kappa shape index (κ2) is 9.67. The number of halogens is 2. The first-order chi connectivity index (χ1) is 12.6. The second-order valence-corrected chi connectivity index (χ2v) is 6.14. The Balaban J connectivity index is 0.00000261. The number of nitrogens with one attached hydrogen (secondary N) is 1. The molecule has 1 N–H and O–H groups in total. The number of amides is 1. The predicted octanol–water partition coefficient (Wildman–Crippen LogP) is 1.99. The number of aromatic nitrogens is 2. The molecule has 1 aliphatic heterocycles. The number of rotatable bonds is 4. The van der Waals surface area contributed by atoms with E-state index >= 15 is 0 Å². The van der Waals surface area contributed by atoms with Gasteiger partial charge >= 0.3 is 0 Å². The third kappa shape index (κ3) is 5.41. The monoisotopic (exact) mass is 486 g/mol. The van der Waals surface area contributed by atoms with Crippen LogP contribution >= 0.6 is 24.0 Å². The van der Waals surface area contributed by atoms with Gasteiger partial charge in [-0.3, -0.25) is 9.48 Å². The van der Waals surface area contributed by atoms with Crippen LogP contribution in [0.3, 0.4) is 0 Å². The number of piperazine rings is 1. The molecule has 2 aromatic rings. The Morgan fingerprint density at radius 1 is 1.37 bits per heavy atom. The first-order valence-corrected chi connectivity index (χ1v) is 8.63. The molecule has 9 heteroatoms. The van der Waals surface area contributed by atoms with E-state index < -0.39 is 0 Å². The van der Waals surface area contributed by atoms with Crippen LogP contribution in [0, 0.1) is 5.82 Å². The Morgan fingerprint density at radius 3 is 2.81 bits per heavy atom. The highest BCUT2D eigenvalue weighted by Crippen LogP contribution is 2.16. The van der Waals surface area contributed by atoms with Crippen molar-refractivity contribution in [1.82, 2.24) is 20.0 Å². The van der Waals surface area contributed by atoms with Crippen LogP contribution in [-0.2, 0) is 18.4 Å². The zero-order valence-electron chi connectivity index (χ0n) is 15.4. The zero-order valence-corrected chi connectivity index (χ0v) is 17.8. The minimum atomic E-state index is -0.275. The summed E-state index contributed by atoms with van der Waals surface area (Å²) in [5.41, 5.74) is 1.60. The lowest BCUT2D eigenvalue weighted by molar-refractivity contribution is -0.120. The summed E-state index contributed by atoms with van der Waals surface area (Å²) in [5, 5.41) is 7.33. The van der Waals surface area contributed by atoms with E-state index in [-0.39, 0.29) is 42.2 Å². The molecule has 0 atom stereocenters. The van der Waals surface area contributed by atoms with Crippen molar-refractivity contribution in [3.63, 3.8) is 0 Å². The number of anilines is 1. The van der Waals surface area contributed by atoms with Crippen molar-refractivity contribution in [2.45, 2.75) is 13.5 Å². The molecule has 0 radical (unpaired) electrons. The number of nitrogens with zero attached hydrogens (tertiary/aromatic N) is 5. The van der Waals surface area contributed by atoms with Gasteiger partial charge in [-0.05, 0) is 24.6 Å². The number of carbonyl (C=O) groups is 1. The van der Waals surface area contributed by atoms with Gasteiger partial charge in [-0.25, -0.2) is 9.38 Å². The van der Waals surface area contributed by atoms with Gasteiger partial charge in [-0.15, -0.1) is 24.0 Å². The molecule has 2 heterocycles. The molecule has 146 valence electrons. The van der Waals surface area contributed by atoms with Crippen LogP contribution in [0.1, 0.15) is 12.5 Å². The van der Waals surface area contributed by atoms with Gasteiger partial charge in [0.2, 0.25) is 5.91 Å². The molecule has 1 saturated heterocycles. The highest BCUT2D eigenvalue weighted by atomic mass is 127. The van der Waals surface area contributed by atoms with Crippen molar-refractivity contribution >= 4 is 41.5 Å². The van der Waals surface area contributed by atoms with Crippen molar-refractivity contribution in [3.05, 3.63) is 48.0 Å². The summed E-state index contributed by atoms with van der Waals surface area (Å²) < 4.78 is 15.0. The molecule has 1 aliphatic rings. The third-order valence-corrected chi connectivity index (χ3v) is 4.16. The molecule has 0 aliphatic carbocycles.